The van der Waals surface area contributed by atoms with Gasteiger partial charge in [-0.3, -0.25) is 14.5 Å². The number of nitrogens with zero attached hydrogens (tertiary/aromatic N) is 4. The summed E-state index contributed by atoms with van der Waals surface area (Å²) in [4.78, 5) is 24.6. The van der Waals surface area contributed by atoms with Crippen molar-refractivity contribution in [2.24, 2.45) is 0 Å². The molecule has 5 rings (SSSR count). The van der Waals surface area contributed by atoms with Gasteiger partial charge < -0.3 is 10.3 Å². The van der Waals surface area contributed by atoms with Crippen LogP contribution >= 0.6 is 0 Å². The minimum atomic E-state index is -0.137. The van der Waals surface area contributed by atoms with Gasteiger partial charge in [-0.25, -0.2) is 4.98 Å². The van der Waals surface area contributed by atoms with Crippen LogP contribution in [0.2, 0.25) is 0 Å². The molecule has 7 nitrogen and oxygen atoms in total. The Labute approximate surface area is 203 Å². The second-order valence-electron chi connectivity index (χ2n) is 8.29. The molecule has 2 N–H and O–H groups in total. The first-order valence-corrected chi connectivity index (χ1v) is 11.7. The lowest BCUT2D eigenvalue weighted by molar-refractivity contribution is -0.116. The number of aromatic nitrogens is 5. The number of imidazole rings is 1. The Morgan fingerprint density at radius 2 is 1.89 bits per heavy atom. The maximum Gasteiger partial charge on any atom is 0.244 e. The summed E-state index contributed by atoms with van der Waals surface area (Å²) in [5.41, 5.74) is 5.73. The monoisotopic (exact) mass is 462 g/mol. The standard InChI is InChI=1S/C28H26N6O/c35-27(30-17-7-13-26-31-24-11-4-5-12-25(24)32-26)15-14-23-20-34(19-21-8-2-1-3-9-21)33-28(23)22-10-6-16-29-18-22/h1-6,8-12,14-16,18,20H,7,13,17,19H2,(H,30,35)(H,31,32)/b15-14+. The smallest absolute Gasteiger partial charge is 0.244 e. The van der Waals surface area contributed by atoms with E-state index in [1.54, 1.807) is 18.5 Å². The lowest BCUT2D eigenvalue weighted by Gasteiger charge is -2.01. The molecule has 1 amide bonds. The number of benzene rings is 2. The van der Waals surface area contributed by atoms with Gasteiger partial charge in [-0.2, -0.15) is 5.10 Å². The molecule has 2 aromatic carbocycles. The number of amides is 1. The largest absolute Gasteiger partial charge is 0.353 e. The highest BCUT2D eigenvalue weighted by molar-refractivity contribution is 5.92. The predicted octanol–water partition coefficient (Wildman–Crippen LogP) is 4.63. The Morgan fingerprint density at radius 3 is 2.71 bits per heavy atom. The topological polar surface area (TPSA) is 88.5 Å². The quantitative estimate of drug-likeness (QED) is 0.247. The lowest BCUT2D eigenvalue weighted by Crippen LogP contribution is -2.22. The minimum absolute atomic E-state index is 0.137. The van der Waals surface area contributed by atoms with Crippen molar-refractivity contribution in [2.45, 2.75) is 19.4 Å². The van der Waals surface area contributed by atoms with Gasteiger partial charge >= 0.3 is 0 Å². The number of fused-ring (bicyclic) bond motifs is 1. The fourth-order valence-corrected chi connectivity index (χ4v) is 3.95. The number of para-hydroxylation sites is 2. The third kappa shape index (κ3) is 5.70. The Morgan fingerprint density at radius 1 is 1.03 bits per heavy atom. The predicted molar refractivity (Wildman–Crippen MR) is 137 cm³/mol. The van der Waals surface area contributed by atoms with E-state index in [0.717, 1.165) is 52.1 Å². The molecular formula is C28H26N6O. The van der Waals surface area contributed by atoms with Gasteiger partial charge in [0.05, 0.1) is 17.6 Å². The zero-order valence-electron chi connectivity index (χ0n) is 19.3. The summed E-state index contributed by atoms with van der Waals surface area (Å²) in [6.45, 7) is 1.22. The van der Waals surface area contributed by atoms with Crippen molar-refractivity contribution in [1.29, 1.82) is 0 Å². The molecule has 3 heterocycles. The number of hydrogen-bond donors (Lipinski definition) is 2. The normalized spacial score (nSPS) is 11.3. The number of H-pyrrole nitrogens is 1. The van der Waals surface area contributed by atoms with E-state index in [1.165, 1.54) is 0 Å². The number of carbonyl (C=O) groups is 1. The van der Waals surface area contributed by atoms with Gasteiger partial charge in [0, 0.05) is 48.8 Å². The second-order valence-corrected chi connectivity index (χ2v) is 8.29. The number of hydrogen-bond acceptors (Lipinski definition) is 4. The number of rotatable bonds is 9. The Bertz CT molecular complexity index is 1400. The Hall–Kier alpha value is -4.52. The van der Waals surface area contributed by atoms with Crippen LogP contribution in [0.25, 0.3) is 28.4 Å². The summed E-state index contributed by atoms with van der Waals surface area (Å²) in [5, 5.41) is 7.72. The van der Waals surface area contributed by atoms with Gasteiger partial charge in [0.2, 0.25) is 5.91 Å². The highest BCUT2D eigenvalue weighted by atomic mass is 16.1. The van der Waals surface area contributed by atoms with E-state index in [2.05, 4.69) is 32.4 Å². The number of carbonyl (C=O) groups excluding carboxylic acids is 1. The van der Waals surface area contributed by atoms with E-state index >= 15 is 0 Å². The van der Waals surface area contributed by atoms with Crippen LogP contribution in [0, 0.1) is 0 Å². The molecule has 35 heavy (non-hydrogen) atoms. The lowest BCUT2D eigenvalue weighted by atomic mass is 10.1. The fourth-order valence-electron chi connectivity index (χ4n) is 3.95. The average Bonchev–Trinajstić information content (AvgIpc) is 3.50. The van der Waals surface area contributed by atoms with Crippen LogP contribution in [0.1, 0.15) is 23.4 Å². The zero-order chi connectivity index (χ0) is 23.9. The molecule has 174 valence electrons. The minimum Gasteiger partial charge on any atom is -0.353 e. The maximum absolute atomic E-state index is 12.5. The first kappa shape index (κ1) is 22.3. The van der Waals surface area contributed by atoms with Gasteiger partial charge in [0.15, 0.2) is 0 Å². The van der Waals surface area contributed by atoms with Crippen molar-refractivity contribution < 1.29 is 4.79 Å². The van der Waals surface area contributed by atoms with E-state index in [4.69, 9.17) is 5.10 Å². The summed E-state index contributed by atoms with van der Waals surface area (Å²) >= 11 is 0. The van der Waals surface area contributed by atoms with E-state index < -0.39 is 0 Å². The van der Waals surface area contributed by atoms with Gasteiger partial charge in [0.1, 0.15) is 11.5 Å². The molecule has 0 aliphatic heterocycles. The van der Waals surface area contributed by atoms with Crippen molar-refractivity contribution >= 4 is 23.0 Å². The maximum atomic E-state index is 12.5. The average molecular weight is 463 g/mol. The van der Waals surface area contributed by atoms with Crippen molar-refractivity contribution in [2.75, 3.05) is 6.54 Å². The molecule has 0 aliphatic rings. The summed E-state index contributed by atoms with van der Waals surface area (Å²) in [6.07, 6.45) is 10.4. The molecular weight excluding hydrogens is 436 g/mol. The number of pyridine rings is 1. The number of aromatic amines is 1. The van der Waals surface area contributed by atoms with E-state index in [-0.39, 0.29) is 5.91 Å². The van der Waals surface area contributed by atoms with Gasteiger partial charge in [-0.05, 0) is 42.3 Å². The summed E-state index contributed by atoms with van der Waals surface area (Å²) < 4.78 is 1.89. The van der Waals surface area contributed by atoms with Crippen LogP contribution in [0.15, 0.2) is 91.4 Å². The Kier molecular flexibility index (Phi) is 6.75. The molecule has 0 unspecified atom stereocenters. The van der Waals surface area contributed by atoms with Gasteiger partial charge in [-0.15, -0.1) is 0 Å². The summed E-state index contributed by atoms with van der Waals surface area (Å²) in [7, 11) is 0. The summed E-state index contributed by atoms with van der Waals surface area (Å²) in [6, 6.07) is 22.0. The SMILES string of the molecule is O=C(/C=C/c1cn(Cc2ccccc2)nc1-c1cccnc1)NCCCc1nc2ccccc2[nH]1. The molecule has 5 aromatic rings. The van der Waals surface area contributed by atoms with Crippen LogP contribution in [0.3, 0.4) is 0 Å². The zero-order valence-corrected chi connectivity index (χ0v) is 19.3. The molecule has 7 heteroatoms. The molecule has 0 fully saturated rings. The molecule has 0 saturated heterocycles. The molecule has 0 atom stereocenters. The molecule has 0 saturated carbocycles. The molecule has 0 spiro atoms. The van der Waals surface area contributed by atoms with Crippen LogP contribution in [0.4, 0.5) is 0 Å². The van der Waals surface area contributed by atoms with Crippen molar-refractivity contribution in [3.05, 3.63) is 108 Å². The van der Waals surface area contributed by atoms with Crippen LogP contribution in [0.5, 0.6) is 0 Å². The Balaban J connectivity index is 1.21. The van der Waals surface area contributed by atoms with Gasteiger partial charge in [-0.1, -0.05) is 42.5 Å². The number of nitrogens with one attached hydrogen (secondary N) is 2. The first-order valence-electron chi connectivity index (χ1n) is 11.7. The van der Waals surface area contributed by atoms with E-state index in [9.17, 15) is 4.79 Å². The molecule has 0 aliphatic carbocycles. The van der Waals surface area contributed by atoms with E-state index in [1.807, 2.05) is 71.6 Å². The van der Waals surface area contributed by atoms with Crippen LogP contribution < -0.4 is 5.32 Å². The summed E-state index contributed by atoms with van der Waals surface area (Å²) in [5.74, 6) is 0.797. The first-order chi connectivity index (χ1) is 17.2. The molecule has 0 radical (unpaired) electrons. The van der Waals surface area contributed by atoms with Crippen molar-refractivity contribution in [3.8, 4) is 11.3 Å². The van der Waals surface area contributed by atoms with E-state index in [0.29, 0.717) is 13.1 Å². The third-order valence-electron chi connectivity index (χ3n) is 5.65. The molecule has 3 aromatic heterocycles. The number of aryl methyl sites for hydroxylation is 1. The fraction of sp³-hybridized carbons (Fsp3) is 0.143. The second kappa shape index (κ2) is 10.6. The highest BCUT2D eigenvalue weighted by Crippen LogP contribution is 2.23. The van der Waals surface area contributed by atoms with Crippen molar-refractivity contribution in [1.82, 2.24) is 30.0 Å². The van der Waals surface area contributed by atoms with Crippen molar-refractivity contribution in [3.63, 3.8) is 0 Å². The van der Waals surface area contributed by atoms with Crippen LogP contribution in [-0.2, 0) is 17.8 Å². The third-order valence-corrected chi connectivity index (χ3v) is 5.65. The molecule has 0 bridgehead atoms. The van der Waals surface area contributed by atoms with Gasteiger partial charge in [0.25, 0.3) is 0 Å². The van der Waals surface area contributed by atoms with Crippen LogP contribution in [-0.4, -0.2) is 37.2 Å². The highest BCUT2D eigenvalue weighted by Gasteiger charge is 2.10.